The highest BCUT2D eigenvalue weighted by molar-refractivity contribution is 5.93. The quantitative estimate of drug-likeness (QED) is 0.681. The van der Waals surface area contributed by atoms with E-state index in [0.717, 1.165) is 23.3 Å². The van der Waals surface area contributed by atoms with Crippen LogP contribution in [-0.4, -0.2) is 42.0 Å². The van der Waals surface area contributed by atoms with E-state index in [4.69, 9.17) is 13.9 Å². The van der Waals surface area contributed by atoms with Gasteiger partial charge in [0.25, 0.3) is 5.91 Å². The predicted octanol–water partition coefficient (Wildman–Crippen LogP) is 2.91. The molecule has 1 aromatic heterocycles. The highest BCUT2D eigenvalue weighted by Crippen LogP contribution is 2.31. The van der Waals surface area contributed by atoms with E-state index >= 15 is 0 Å². The molecule has 146 valence electrons. The van der Waals surface area contributed by atoms with Gasteiger partial charge in [-0.25, -0.2) is 4.98 Å². The van der Waals surface area contributed by atoms with Crippen LogP contribution in [0.15, 0.2) is 34.9 Å². The molecule has 0 radical (unpaired) electrons. The molecule has 7 nitrogen and oxygen atoms in total. The number of benzene rings is 1. The van der Waals surface area contributed by atoms with E-state index < -0.39 is 23.6 Å². The van der Waals surface area contributed by atoms with E-state index in [1.807, 2.05) is 0 Å². The average molecular weight is 386 g/mol. The van der Waals surface area contributed by atoms with Crippen molar-refractivity contribution in [2.24, 2.45) is 0 Å². The Morgan fingerprint density at radius 2 is 2.04 bits per heavy atom. The Kier molecular flexibility index (Phi) is 6.43. The van der Waals surface area contributed by atoms with E-state index in [1.165, 1.54) is 19.2 Å². The minimum absolute atomic E-state index is 0.000274. The molecule has 0 aliphatic rings. The molecule has 0 unspecified atom stereocenters. The zero-order valence-corrected chi connectivity index (χ0v) is 14.6. The Hall–Kier alpha value is -3.04. The largest absolute Gasteiger partial charge is 0.484 e. The normalized spacial score (nSPS) is 11.1. The monoisotopic (exact) mass is 386 g/mol. The summed E-state index contributed by atoms with van der Waals surface area (Å²) in [6.07, 6.45) is -3.40. The zero-order valence-electron chi connectivity index (χ0n) is 14.6. The summed E-state index contributed by atoms with van der Waals surface area (Å²) in [6.45, 7) is 1.32. The molecule has 0 saturated carbocycles. The molecule has 0 aliphatic carbocycles. The number of alkyl halides is 3. The molecule has 0 N–H and O–H groups in total. The van der Waals surface area contributed by atoms with Crippen LogP contribution in [0.3, 0.4) is 0 Å². The summed E-state index contributed by atoms with van der Waals surface area (Å²) < 4.78 is 53.1. The number of rotatable bonds is 7. The number of aromatic nitrogens is 1. The van der Waals surface area contributed by atoms with E-state index in [1.54, 1.807) is 6.92 Å². The summed E-state index contributed by atoms with van der Waals surface area (Å²) in [6, 6.07) is 4.35. The summed E-state index contributed by atoms with van der Waals surface area (Å²) in [4.78, 5) is 28.6. The van der Waals surface area contributed by atoms with Crippen molar-refractivity contribution in [3.8, 4) is 5.75 Å². The lowest BCUT2D eigenvalue weighted by atomic mass is 10.2. The number of ether oxygens (including phenoxy) is 2. The molecule has 0 spiro atoms. The minimum atomic E-state index is -4.48. The number of hydrogen-bond donors (Lipinski definition) is 0. The summed E-state index contributed by atoms with van der Waals surface area (Å²) in [5.41, 5.74) is -0.909. The van der Waals surface area contributed by atoms with Crippen LogP contribution in [0.25, 0.3) is 0 Å². The zero-order chi connectivity index (χ0) is 20.0. The third kappa shape index (κ3) is 5.73. The first-order chi connectivity index (χ1) is 12.7. The Morgan fingerprint density at radius 3 is 2.70 bits per heavy atom. The fourth-order valence-electron chi connectivity index (χ4n) is 2.05. The molecule has 0 bridgehead atoms. The van der Waals surface area contributed by atoms with Crippen LogP contribution in [0, 0.1) is 0 Å². The van der Waals surface area contributed by atoms with Gasteiger partial charge in [-0.15, -0.1) is 0 Å². The van der Waals surface area contributed by atoms with Gasteiger partial charge in [-0.3, -0.25) is 9.59 Å². The molecule has 0 atom stereocenters. The minimum Gasteiger partial charge on any atom is -0.484 e. The first-order valence-electron chi connectivity index (χ1n) is 7.86. The van der Waals surface area contributed by atoms with Crippen LogP contribution in [-0.2, 0) is 22.3 Å². The number of hydrogen-bond acceptors (Lipinski definition) is 6. The molecular formula is C17H17F3N2O5. The highest BCUT2D eigenvalue weighted by atomic mass is 19.4. The van der Waals surface area contributed by atoms with Gasteiger partial charge >= 0.3 is 12.1 Å². The van der Waals surface area contributed by atoms with Crippen LogP contribution in [0.5, 0.6) is 5.75 Å². The van der Waals surface area contributed by atoms with Gasteiger partial charge in [0.15, 0.2) is 12.3 Å². The lowest BCUT2D eigenvalue weighted by Crippen LogP contribution is -2.33. The van der Waals surface area contributed by atoms with Crippen molar-refractivity contribution in [3.05, 3.63) is 47.7 Å². The molecule has 2 aromatic rings. The molecule has 10 heteroatoms. The number of esters is 1. The third-order valence-corrected chi connectivity index (χ3v) is 3.31. The van der Waals surface area contributed by atoms with Gasteiger partial charge < -0.3 is 18.8 Å². The predicted molar refractivity (Wildman–Crippen MR) is 85.9 cm³/mol. The van der Waals surface area contributed by atoms with Crippen LogP contribution < -0.4 is 4.74 Å². The SMILES string of the molecule is CCOC(=O)CN(C)C(=O)c1coc(COc2cccc(C(F)(F)F)c2)n1. The van der Waals surface area contributed by atoms with Gasteiger partial charge in [0.2, 0.25) is 5.89 Å². The summed E-state index contributed by atoms with van der Waals surface area (Å²) in [5.74, 6) is -1.15. The number of carbonyl (C=O) groups is 2. The highest BCUT2D eigenvalue weighted by Gasteiger charge is 2.30. The van der Waals surface area contributed by atoms with Gasteiger partial charge in [-0.1, -0.05) is 6.07 Å². The molecule has 0 aliphatic heterocycles. The second-order valence-corrected chi connectivity index (χ2v) is 5.41. The molecular weight excluding hydrogens is 369 g/mol. The number of likely N-dealkylation sites (N-methyl/N-ethyl adjacent to an activating group) is 1. The maximum absolute atomic E-state index is 12.7. The summed E-state index contributed by atoms with van der Waals surface area (Å²) in [5, 5.41) is 0. The summed E-state index contributed by atoms with van der Waals surface area (Å²) >= 11 is 0. The Labute approximate surface area is 152 Å². The second-order valence-electron chi connectivity index (χ2n) is 5.41. The van der Waals surface area contributed by atoms with Gasteiger partial charge in [-0.2, -0.15) is 13.2 Å². The average Bonchev–Trinajstić information content (AvgIpc) is 3.08. The standard InChI is InChI=1S/C17H17F3N2O5/c1-3-25-15(23)8-22(2)16(24)13-9-27-14(21-13)10-26-12-6-4-5-11(7-12)17(18,19)20/h4-7,9H,3,8,10H2,1-2H3. The topological polar surface area (TPSA) is 81.9 Å². The number of halogens is 3. The van der Waals surface area contributed by atoms with E-state index in [0.29, 0.717) is 0 Å². The van der Waals surface area contributed by atoms with Crippen molar-refractivity contribution in [3.63, 3.8) is 0 Å². The van der Waals surface area contributed by atoms with Crippen LogP contribution in [0.1, 0.15) is 28.9 Å². The number of amides is 1. The molecule has 27 heavy (non-hydrogen) atoms. The maximum atomic E-state index is 12.7. The van der Waals surface area contributed by atoms with Crippen molar-refractivity contribution in [2.45, 2.75) is 19.7 Å². The molecule has 1 aromatic carbocycles. The number of nitrogens with zero attached hydrogens (tertiary/aromatic N) is 2. The Bertz CT molecular complexity index is 804. The van der Waals surface area contributed by atoms with Crippen molar-refractivity contribution in [2.75, 3.05) is 20.2 Å². The molecule has 0 saturated heterocycles. The second kappa shape index (κ2) is 8.56. The van der Waals surface area contributed by atoms with Gasteiger partial charge in [0.05, 0.1) is 12.2 Å². The van der Waals surface area contributed by atoms with E-state index in [-0.39, 0.29) is 37.1 Å². The molecule has 0 fully saturated rings. The maximum Gasteiger partial charge on any atom is 0.416 e. The van der Waals surface area contributed by atoms with Gasteiger partial charge in [0.1, 0.15) is 18.6 Å². The number of carbonyl (C=O) groups excluding carboxylic acids is 2. The van der Waals surface area contributed by atoms with Crippen molar-refractivity contribution in [1.29, 1.82) is 0 Å². The van der Waals surface area contributed by atoms with Gasteiger partial charge in [0, 0.05) is 7.05 Å². The fourth-order valence-corrected chi connectivity index (χ4v) is 2.05. The van der Waals surface area contributed by atoms with Crippen molar-refractivity contribution >= 4 is 11.9 Å². The third-order valence-electron chi connectivity index (χ3n) is 3.31. The number of oxazole rings is 1. The van der Waals surface area contributed by atoms with Crippen molar-refractivity contribution in [1.82, 2.24) is 9.88 Å². The van der Waals surface area contributed by atoms with E-state index in [9.17, 15) is 22.8 Å². The summed E-state index contributed by atoms with van der Waals surface area (Å²) in [7, 11) is 1.40. The van der Waals surface area contributed by atoms with Gasteiger partial charge in [-0.05, 0) is 25.1 Å². The van der Waals surface area contributed by atoms with Crippen LogP contribution >= 0.6 is 0 Å². The smallest absolute Gasteiger partial charge is 0.416 e. The molecule has 2 rings (SSSR count). The van der Waals surface area contributed by atoms with Crippen molar-refractivity contribution < 1.29 is 36.7 Å². The first kappa shape index (κ1) is 20.3. The lowest BCUT2D eigenvalue weighted by molar-refractivity contribution is -0.143. The van der Waals surface area contributed by atoms with Crippen LogP contribution in [0.2, 0.25) is 0 Å². The Balaban J connectivity index is 1.96. The first-order valence-corrected chi connectivity index (χ1v) is 7.86. The Morgan fingerprint density at radius 1 is 1.30 bits per heavy atom. The molecule has 1 amide bonds. The van der Waals surface area contributed by atoms with E-state index in [2.05, 4.69) is 4.98 Å². The lowest BCUT2D eigenvalue weighted by Gasteiger charge is -2.14. The molecule has 1 heterocycles. The van der Waals surface area contributed by atoms with Crippen LogP contribution in [0.4, 0.5) is 13.2 Å². The fraction of sp³-hybridized carbons (Fsp3) is 0.353.